The first kappa shape index (κ1) is 22.3. The quantitative estimate of drug-likeness (QED) is 0.403. The monoisotopic (exact) mass is 462 g/mol. The third-order valence-electron chi connectivity index (χ3n) is 5.21. The van der Waals surface area contributed by atoms with Crippen LogP contribution in [0.4, 0.5) is 0 Å². The second-order valence-corrected chi connectivity index (χ2v) is 9.38. The molecule has 33 heavy (non-hydrogen) atoms. The second kappa shape index (κ2) is 9.33. The van der Waals surface area contributed by atoms with Crippen LogP contribution in [0.2, 0.25) is 0 Å². The summed E-state index contributed by atoms with van der Waals surface area (Å²) in [5.74, 6) is 0.227. The van der Waals surface area contributed by atoms with E-state index in [1.165, 1.54) is 42.6 Å². The molecule has 0 radical (unpaired) electrons. The van der Waals surface area contributed by atoms with E-state index in [4.69, 9.17) is 0 Å². The highest BCUT2D eigenvalue weighted by molar-refractivity contribution is 7.91. The smallest absolute Gasteiger partial charge is 0.251 e. The Bertz CT molecular complexity index is 1410. The van der Waals surface area contributed by atoms with E-state index in [0.717, 1.165) is 5.56 Å². The van der Waals surface area contributed by atoms with Gasteiger partial charge in [-0.3, -0.25) is 14.0 Å². The Morgan fingerprint density at radius 3 is 2.27 bits per heavy atom. The molecule has 0 saturated heterocycles. The minimum Gasteiger partial charge on any atom is -0.352 e. The number of benzene rings is 2. The predicted molar refractivity (Wildman–Crippen MR) is 122 cm³/mol. The summed E-state index contributed by atoms with van der Waals surface area (Å²) in [7, 11) is -3.72. The maximum Gasteiger partial charge on any atom is 0.251 e. The number of aryl methyl sites for hydroxylation is 1. The molecule has 0 unspecified atom stereocenters. The number of nitrogens with one attached hydrogen (secondary N) is 1. The van der Waals surface area contributed by atoms with Gasteiger partial charge in [0.2, 0.25) is 15.6 Å². The highest BCUT2D eigenvalue weighted by Gasteiger charge is 2.18. The molecule has 1 amide bonds. The Balaban J connectivity index is 1.42. The van der Waals surface area contributed by atoms with Gasteiger partial charge in [0.25, 0.3) is 5.91 Å². The van der Waals surface area contributed by atoms with Gasteiger partial charge in [0.15, 0.2) is 5.78 Å². The Kier molecular flexibility index (Phi) is 6.32. The van der Waals surface area contributed by atoms with Crippen LogP contribution >= 0.6 is 0 Å². The zero-order chi connectivity index (χ0) is 23.4. The van der Waals surface area contributed by atoms with Crippen LogP contribution in [-0.2, 0) is 16.3 Å². The van der Waals surface area contributed by atoms with E-state index in [1.807, 2.05) is 6.92 Å². The molecule has 0 aliphatic rings. The number of imidazole rings is 1. The fourth-order valence-corrected chi connectivity index (χ4v) is 4.64. The van der Waals surface area contributed by atoms with Gasteiger partial charge in [0.05, 0.1) is 15.4 Å². The van der Waals surface area contributed by atoms with E-state index in [0.29, 0.717) is 29.9 Å². The SMILES string of the molecule is CCNC(=O)c1ccc(S(=O)(=O)c2ccc(CCC(=O)c3cnc4nccn4c3)cc2)cc1. The normalized spacial score (nSPS) is 11.4. The number of aromatic nitrogens is 3. The van der Waals surface area contributed by atoms with Gasteiger partial charge in [-0.25, -0.2) is 18.4 Å². The molecular formula is C24H22N4O4S. The lowest BCUT2D eigenvalue weighted by atomic mass is 10.0. The second-order valence-electron chi connectivity index (χ2n) is 7.43. The average molecular weight is 463 g/mol. The molecule has 4 aromatic rings. The number of ketones is 1. The molecule has 0 aliphatic carbocycles. The summed E-state index contributed by atoms with van der Waals surface area (Å²) in [4.78, 5) is 32.8. The lowest BCUT2D eigenvalue weighted by Gasteiger charge is -2.08. The van der Waals surface area contributed by atoms with Crippen LogP contribution in [0.25, 0.3) is 5.78 Å². The first-order valence-corrected chi connectivity index (χ1v) is 11.9. The number of amides is 1. The van der Waals surface area contributed by atoms with Gasteiger partial charge in [-0.15, -0.1) is 0 Å². The van der Waals surface area contributed by atoms with Gasteiger partial charge in [0.1, 0.15) is 0 Å². The number of sulfone groups is 1. The largest absolute Gasteiger partial charge is 0.352 e. The third kappa shape index (κ3) is 4.83. The van der Waals surface area contributed by atoms with E-state index >= 15 is 0 Å². The summed E-state index contributed by atoms with van der Waals surface area (Å²) in [6.45, 7) is 2.31. The lowest BCUT2D eigenvalue weighted by molar-refractivity contribution is 0.0953. The van der Waals surface area contributed by atoms with Crippen LogP contribution in [0, 0.1) is 0 Å². The van der Waals surface area contributed by atoms with Crippen molar-refractivity contribution >= 4 is 27.3 Å². The van der Waals surface area contributed by atoms with Crippen molar-refractivity contribution in [1.82, 2.24) is 19.7 Å². The number of rotatable bonds is 8. The summed E-state index contributed by atoms with van der Waals surface area (Å²) in [6.07, 6.45) is 7.30. The molecule has 4 rings (SSSR count). The van der Waals surface area contributed by atoms with Gasteiger partial charge < -0.3 is 5.32 Å². The fraction of sp³-hybridized carbons (Fsp3) is 0.167. The van der Waals surface area contributed by atoms with Crippen molar-refractivity contribution < 1.29 is 18.0 Å². The van der Waals surface area contributed by atoms with Gasteiger partial charge in [-0.2, -0.15) is 0 Å². The van der Waals surface area contributed by atoms with Crippen molar-refractivity contribution in [2.75, 3.05) is 6.54 Å². The van der Waals surface area contributed by atoms with Crippen LogP contribution in [0.15, 0.2) is 83.1 Å². The van der Waals surface area contributed by atoms with Crippen molar-refractivity contribution in [3.63, 3.8) is 0 Å². The fourth-order valence-electron chi connectivity index (χ4n) is 3.38. The van der Waals surface area contributed by atoms with E-state index in [-0.39, 0.29) is 27.9 Å². The number of fused-ring (bicyclic) bond motifs is 1. The van der Waals surface area contributed by atoms with Crippen LogP contribution < -0.4 is 5.32 Å². The predicted octanol–water partition coefficient (Wildman–Crippen LogP) is 3.13. The molecule has 0 spiro atoms. The van der Waals surface area contributed by atoms with Crippen molar-refractivity contribution in [1.29, 1.82) is 0 Å². The summed E-state index contributed by atoms with van der Waals surface area (Å²) in [5, 5.41) is 2.67. The van der Waals surface area contributed by atoms with Crippen LogP contribution in [0.5, 0.6) is 0 Å². The van der Waals surface area contributed by atoms with E-state index in [1.54, 1.807) is 35.1 Å². The van der Waals surface area contributed by atoms with Crippen molar-refractivity contribution in [2.24, 2.45) is 0 Å². The maximum atomic E-state index is 12.9. The number of carbonyl (C=O) groups is 2. The Hall–Kier alpha value is -3.85. The molecule has 0 saturated carbocycles. The lowest BCUT2D eigenvalue weighted by Crippen LogP contribution is -2.22. The molecule has 0 aliphatic heterocycles. The van der Waals surface area contributed by atoms with E-state index in [2.05, 4.69) is 15.3 Å². The summed E-state index contributed by atoms with van der Waals surface area (Å²) >= 11 is 0. The third-order valence-corrected chi connectivity index (χ3v) is 6.99. The van der Waals surface area contributed by atoms with Gasteiger partial charge in [-0.05, 0) is 55.3 Å². The van der Waals surface area contributed by atoms with E-state index in [9.17, 15) is 18.0 Å². The van der Waals surface area contributed by atoms with E-state index < -0.39 is 9.84 Å². The molecule has 0 fully saturated rings. The first-order valence-electron chi connectivity index (χ1n) is 10.4. The van der Waals surface area contributed by atoms with Crippen molar-refractivity contribution in [3.8, 4) is 0 Å². The van der Waals surface area contributed by atoms with Gasteiger partial charge in [-0.1, -0.05) is 12.1 Å². The Labute approximate surface area is 191 Å². The zero-order valence-electron chi connectivity index (χ0n) is 17.9. The molecule has 0 bridgehead atoms. The molecule has 2 heterocycles. The van der Waals surface area contributed by atoms with Crippen LogP contribution in [0.3, 0.4) is 0 Å². The van der Waals surface area contributed by atoms with Gasteiger partial charge >= 0.3 is 0 Å². The zero-order valence-corrected chi connectivity index (χ0v) is 18.7. The van der Waals surface area contributed by atoms with Crippen LogP contribution in [0.1, 0.15) is 39.6 Å². The number of nitrogens with zero attached hydrogens (tertiary/aromatic N) is 3. The maximum absolute atomic E-state index is 12.9. The molecule has 2 aromatic carbocycles. The number of Topliss-reactive ketones (excluding diaryl/α,β-unsaturated/α-hetero) is 1. The van der Waals surface area contributed by atoms with Crippen molar-refractivity contribution in [2.45, 2.75) is 29.6 Å². The van der Waals surface area contributed by atoms with Crippen LogP contribution in [-0.4, -0.2) is 41.0 Å². The standard InChI is InChI=1S/C24H22N4O4S/c1-2-25-23(30)18-6-10-21(11-7-18)33(31,32)20-8-3-17(4-9-20)5-12-22(29)19-15-27-24-26-13-14-28(24)16-19/h3-4,6-11,13-16H,2,5,12H2,1H3,(H,25,30). The highest BCUT2D eigenvalue weighted by atomic mass is 32.2. The molecule has 1 N–H and O–H groups in total. The number of carbonyl (C=O) groups excluding carboxylic acids is 2. The number of hydrogen-bond donors (Lipinski definition) is 1. The summed E-state index contributed by atoms with van der Waals surface area (Å²) in [5.41, 5.74) is 1.75. The first-order chi connectivity index (χ1) is 15.9. The summed E-state index contributed by atoms with van der Waals surface area (Å²) in [6, 6.07) is 12.3. The van der Waals surface area contributed by atoms with Crippen molar-refractivity contribution in [3.05, 3.63) is 90.0 Å². The summed E-state index contributed by atoms with van der Waals surface area (Å²) < 4.78 is 27.5. The molecule has 8 nitrogen and oxygen atoms in total. The molecule has 2 aromatic heterocycles. The molecule has 0 atom stereocenters. The number of hydrogen-bond acceptors (Lipinski definition) is 6. The Morgan fingerprint density at radius 2 is 1.61 bits per heavy atom. The minimum absolute atomic E-state index is 0.0537. The molecule has 9 heteroatoms. The Morgan fingerprint density at radius 1 is 0.939 bits per heavy atom. The van der Waals surface area contributed by atoms with Gasteiger partial charge in [0, 0.05) is 43.3 Å². The average Bonchev–Trinajstić information content (AvgIpc) is 3.31. The molecule has 168 valence electrons. The minimum atomic E-state index is -3.72. The topological polar surface area (TPSA) is 110 Å². The molecular weight excluding hydrogens is 440 g/mol. The highest BCUT2D eigenvalue weighted by Crippen LogP contribution is 2.22.